The molecule has 1 heterocycles. The number of hydrogen-bond donors (Lipinski definition) is 0. The molecule has 5 nitrogen and oxygen atoms in total. The van der Waals surface area contributed by atoms with Gasteiger partial charge in [-0.25, -0.2) is 4.79 Å². The first-order chi connectivity index (χ1) is 7.06. The fraction of sp³-hybridized carbons (Fsp3) is 0.556. The summed E-state index contributed by atoms with van der Waals surface area (Å²) in [4.78, 5) is 13.4. The monoisotopic (exact) mass is 231 g/mol. The predicted octanol–water partition coefficient (Wildman–Crippen LogP) is 0.885. The number of hydrogen-bond acceptors (Lipinski definition) is 4. The van der Waals surface area contributed by atoms with Crippen molar-refractivity contribution in [1.82, 2.24) is 14.7 Å². The highest BCUT2D eigenvalue weighted by Crippen LogP contribution is 2.15. The zero-order valence-corrected chi connectivity index (χ0v) is 9.78. The third kappa shape index (κ3) is 2.94. The van der Waals surface area contributed by atoms with E-state index in [0.29, 0.717) is 17.3 Å². The molecule has 0 aliphatic heterocycles. The van der Waals surface area contributed by atoms with E-state index < -0.39 is 5.97 Å². The maximum Gasteiger partial charge on any atom is 0.357 e. The van der Waals surface area contributed by atoms with Crippen LogP contribution in [-0.4, -0.2) is 48.4 Å². The summed E-state index contributed by atoms with van der Waals surface area (Å²) >= 11 is 5.84. The highest BCUT2D eigenvalue weighted by Gasteiger charge is 2.17. The summed E-state index contributed by atoms with van der Waals surface area (Å²) in [5.74, 6) is -0.462. The van der Waals surface area contributed by atoms with Crippen LogP contribution in [0.25, 0.3) is 0 Å². The third-order valence-corrected chi connectivity index (χ3v) is 2.21. The molecule has 0 unspecified atom stereocenters. The van der Waals surface area contributed by atoms with Crippen LogP contribution in [0.4, 0.5) is 0 Å². The van der Waals surface area contributed by atoms with Gasteiger partial charge in [-0.15, -0.1) is 0 Å². The molecule has 0 aliphatic rings. The topological polar surface area (TPSA) is 47.4 Å². The molecule has 1 aromatic heterocycles. The Morgan fingerprint density at radius 2 is 2.33 bits per heavy atom. The van der Waals surface area contributed by atoms with Gasteiger partial charge in [0, 0.05) is 6.54 Å². The van der Waals surface area contributed by atoms with Gasteiger partial charge < -0.3 is 9.64 Å². The second-order valence-corrected chi connectivity index (χ2v) is 3.77. The Balaban J connectivity index is 2.84. The Morgan fingerprint density at radius 3 is 2.87 bits per heavy atom. The van der Waals surface area contributed by atoms with Crippen molar-refractivity contribution in [2.24, 2.45) is 0 Å². The largest absolute Gasteiger partial charge is 0.464 e. The van der Waals surface area contributed by atoms with Gasteiger partial charge in [0.1, 0.15) is 0 Å². The number of methoxy groups -OCH3 is 1. The van der Waals surface area contributed by atoms with Gasteiger partial charge in [0.15, 0.2) is 5.69 Å². The lowest BCUT2D eigenvalue weighted by Gasteiger charge is -2.10. The van der Waals surface area contributed by atoms with Crippen LogP contribution in [0.15, 0.2) is 6.20 Å². The Morgan fingerprint density at radius 1 is 1.67 bits per heavy atom. The summed E-state index contributed by atoms with van der Waals surface area (Å²) in [6.07, 6.45) is 1.45. The number of aromatic nitrogens is 2. The molecule has 1 aromatic rings. The van der Waals surface area contributed by atoms with Crippen LogP contribution in [0.3, 0.4) is 0 Å². The summed E-state index contributed by atoms with van der Waals surface area (Å²) in [6, 6.07) is 0. The van der Waals surface area contributed by atoms with Crippen molar-refractivity contribution in [3.8, 4) is 0 Å². The summed E-state index contributed by atoms with van der Waals surface area (Å²) in [5.41, 5.74) is 0.306. The van der Waals surface area contributed by atoms with Gasteiger partial charge in [0.05, 0.1) is 24.9 Å². The van der Waals surface area contributed by atoms with Crippen LogP contribution in [0.1, 0.15) is 10.5 Å². The Kier molecular flexibility index (Phi) is 4.11. The smallest absolute Gasteiger partial charge is 0.357 e. The highest BCUT2D eigenvalue weighted by atomic mass is 35.5. The van der Waals surface area contributed by atoms with Gasteiger partial charge in [-0.1, -0.05) is 11.6 Å². The minimum Gasteiger partial charge on any atom is -0.464 e. The number of likely N-dealkylation sites (N-methyl/N-ethyl adjacent to an activating group) is 1. The molecule has 0 fully saturated rings. The summed E-state index contributed by atoms with van der Waals surface area (Å²) < 4.78 is 6.17. The lowest BCUT2D eigenvalue weighted by molar-refractivity contribution is 0.0586. The zero-order valence-electron chi connectivity index (χ0n) is 9.03. The molecule has 0 radical (unpaired) electrons. The number of carbonyl (C=O) groups excluding carboxylic acids is 1. The molecule has 0 atom stereocenters. The maximum atomic E-state index is 11.4. The van der Waals surface area contributed by atoms with Crippen molar-refractivity contribution < 1.29 is 9.53 Å². The van der Waals surface area contributed by atoms with Crippen LogP contribution in [0.5, 0.6) is 0 Å². The summed E-state index contributed by atoms with van der Waals surface area (Å²) in [7, 11) is 5.22. The van der Waals surface area contributed by atoms with Crippen molar-refractivity contribution in [2.75, 3.05) is 27.7 Å². The molecule has 0 spiro atoms. The van der Waals surface area contributed by atoms with Gasteiger partial charge in [0.2, 0.25) is 0 Å². The Bertz CT molecular complexity index is 349. The van der Waals surface area contributed by atoms with Crippen molar-refractivity contribution >= 4 is 17.6 Å². The first-order valence-electron chi connectivity index (χ1n) is 4.50. The number of esters is 1. The van der Waals surface area contributed by atoms with Crippen LogP contribution in [0.2, 0.25) is 5.02 Å². The SMILES string of the molecule is COC(=O)c1c(Cl)cnn1CCN(C)C. The minimum absolute atomic E-state index is 0.306. The van der Waals surface area contributed by atoms with Gasteiger partial charge >= 0.3 is 5.97 Å². The first kappa shape index (κ1) is 12.0. The van der Waals surface area contributed by atoms with E-state index in [1.54, 1.807) is 4.68 Å². The first-order valence-corrected chi connectivity index (χ1v) is 4.88. The van der Waals surface area contributed by atoms with Crippen molar-refractivity contribution in [3.63, 3.8) is 0 Å². The maximum absolute atomic E-state index is 11.4. The molecule has 0 saturated carbocycles. The highest BCUT2D eigenvalue weighted by molar-refractivity contribution is 6.33. The number of rotatable bonds is 4. The molecule has 0 amide bonds. The van der Waals surface area contributed by atoms with Crippen molar-refractivity contribution in [1.29, 1.82) is 0 Å². The quantitative estimate of drug-likeness (QED) is 0.722. The van der Waals surface area contributed by atoms with Crippen LogP contribution >= 0.6 is 11.6 Å². The minimum atomic E-state index is -0.462. The number of halogens is 1. The van der Waals surface area contributed by atoms with E-state index in [-0.39, 0.29) is 0 Å². The summed E-state index contributed by atoms with van der Waals surface area (Å²) in [5, 5.41) is 4.33. The van der Waals surface area contributed by atoms with Gasteiger partial charge in [-0.3, -0.25) is 4.68 Å². The van der Waals surface area contributed by atoms with E-state index in [1.165, 1.54) is 13.3 Å². The molecule has 0 aromatic carbocycles. The standard InChI is InChI=1S/C9H14ClN3O2/c1-12(2)4-5-13-8(9(14)15-3)7(10)6-11-13/h6H,4-5H2,1-3H3. The van der Waals surface area contributed by atoms with Gasteiger partial charge in [0.25, 0.3) is 0 Å². The van der Waals surface area contributed by atoms with Gasteiger partial charge in [-0.2, -0.15) is 5.10 Å². The summed E-state index contributed by atoms with van der Waals surface area (Å²) in [6.45, 7) is 1.38. The zero-order chi connectivity index (χ0) is 11.4. The Labute approximate surface area is 93.6 Å². The second-order valence-electron chi connectivity index (χ2n) is 3.36. The normalized spacial score (nSPS) is 10.7. The molecular weight excluding hydrogens is 218 g/mol. The van der Waals surface area contributed by atoms with Crippen molar-refractivity contribution in [3.05, 3.63) is 16.9 Å². The van der Waals surface area contributed by atoms with E-state index in [1.807, 2.05) is 19.0 Å². The molecule has 0 N–H and O–H groups in total. The molecular formula is C9H14ClN3O2. The molecule has 1 rings (SSSR count). The van der Waals surface area contributed by atoms with Gasteiger partial charge in [-0.05, 0) is 14.1 Å². The molecule has 0 bridgehead atoms. The van der Waals surface area contributed by atoms with Crippen molar-refractivity contribution in [2.45, 2.75) is 6.54 Å². The second kappa shape index (κ2) is 5.14. The Hall–Kier alpha value is -1.07. The van der Waals surface area contributed by atoms with Crippen LogP contribution < -0.4 is 0 Å². The van der Waals surface area contributed by atoms with Crippen LogP contribution in [-0.2, 0) is 11.3 Å². The number of ether oxygens (including phenoxy) is 1. The van der Waals surface area contributed by atoms with E-state index in [0.717, 1.165) is 6.54 Å². The lowest BCUT2D eigenvalue weighted by Crippen LogP contribution is -2.21. The van der Waals surface area contributed by atoms with E-state index in [2.05, 4.69) is 9.84 Å². The molecule has 0 saturated heterocycles. The average molecular weight is 232 g/mol. The molecule has 0 aliphatic carbocycles. The number of carbonyl (C=O) groups is 1. The predicted molar refractivity (Wildman–Crippen MR) is 57.1 cm³/mol. The van der Waals surface area contributed by atoms with E-state index in [4.69, 9.17) is 11.6 Å². The molecule has 84 valence electrons. The molecule has 15 heavy (non-hydrogen) atoms. The van der Waals surface area contributed by atoms with E-state index in [9.17, 15) is 4.79 Å². The lowest BCUT2D eigenvalue weighted by atomic mass is 10.4. The fourth-order valence-corrected chi connectivity index (χ4v) is 1.34. The van der Waals surface area contributed by atoms with E-state index >= 15 is 0 Å². The average Bonchev–Trinajstić information content (AvgIpc) is 2.55. The number of nitrogens with zero attached hydrogens (tertiary/aromatic N) is 3. The fourth-order valence-electron chi connectivity index (χ4n) is 1.13. The van der Waals surface area contributed by atoms with Crippen LogP contribution in [0, 0.1) is 0 Å². The molecule has 6 heteroatoms. The third-order valence-electron chi connectivity index (χ3n) is 1.93.